The maximum absolute atomic E-state index is 12.8. The van der Waals surface area contributed by atoms with Crippen LogP contribution < -0.4 is 5.73 Å². The van der Waals surface area contributed by atoms with E-state index >= 15 is 0 Å². The van der Waals surface area contributed by atoms with Crippen LogP contribution >= 0.6 is 0 Å². The van der Waals surface area contributed by atoms with Crippen molar-refractivity contribution >= 4 is 8.07 Å². The highest BCUT2D eigenvalue weighted by Crippen LogP contribution is 2.25. The van der Waals surface area contributed by atoms with Gasteiger partial charge in [0.25, 0.3) is 6.43 Å². The second kappa shape index (κ2) is 2.54. The van der Waals surface area contributed by atoms with E-state index in [0.717, 1.165) is 0 Å². The smallest absolute Gasteiger partial charge is 0.281 e. The molecule has 0 aliphatic heterocycles. The van der Waals surface area contributed by atoms with Gasteiger partial charge in [0.2, 0.25) is 5.42 Å². The maximum atomic E-state index is 12.8. The minimum Gasteiger partial charge on any atom is -0.298 e. The summed E-state index contributed by atoms with van der Waals surface area (Å²) in [6.45, 7) is 4.41. The van der Waals surface area contributed by atoms with Gasteiger partial charge >= 0.3 is 0 Å². The molecule has 0 saturated heterocycles. The second-order valence-corrected chi connectivity index (χ2v) is 8.59. The Bertz CT molecular complexity index is 119. The van der Waals surface area contributed by atoms with E-state index in [-0.39, 0.29) is 0 Å². The molecule has 0 aliphatic rings. The molecule has 2 N–H and O–H groups in total. The molecule has 10 heavy (non-hydrogen) atoms. The van der Waals surface area contributed by atoms with Gasteiger partial charge in [0.1, 0.15) is 8.07 Å². The first-order valence-electron chi connectivity index (χ1n) is 2.95. The van der Waals surface area contributed by atoms with E-state index in [4.69, 9.17) is 5.73 Å². The monoisotopic (exact) mass is 171 g/mol. The number of nitrogens with two attached hydrogens (primary N) is 1. The Morgan fingerprint density at radius 3 is 1.60 bits per heavy atom. The summed E-state index contributed by atoms with van der Waals surface area (Å²) in [5, 5.41) is 0. The number of hydrogen-bond acceptors (Lipinski definition) is 1. The van der Waals surface area contributed by atoms with E-state index in [2.05, 4.69) is 0 Å². The van der Waals surface area contributed by atoms with Crippen molar-refractivity contribution in [3.05, 3.63) is 0 Å². The first-order chi connectivity index (χ1) is 4.19. The van der Waals surface area contributed by atoms with Crippen molar-refractivity contribution in [1.29, 1.82) is 0 Å². The molecular weight excluding hydrogens is 159 g/mol. The molecule has 5 heteroatoms. The van der Waals surface area contributed by atoms with Gasteiger partial charge in [0, 0.05) is 0 Å². The summed E-state index contributed by atoms with van der Waals surface area (Å²) in [4.78, 5) is 0. The molecule has 0 saturated carbocycles. The Balaban J connectivity index is 4.40. The third kappa shape index (κ3) is 1.73. The van der Waals surface area contributed by atoms with Crippen molar-refractivity contribution in [2.24, 2.45) is 5.73 Å². The second-order valence-electron chi connectivity index (χ2n) is 3.32. The molecule has 0 aromatic rings. The Morgan fingerprint density at radius 1 is 1.30 bits per heavy atom. The highest BCUT2D eigenvalue weighted by Gasteiger charge is 2.48. The molecule has 0 rings (SSSR count). The summed E-state index contributed by atoms with van der Waals surface area (Å²) in [6, 6.07) is 0. The lowest BCUT2D eigenvalue weighted by Crippen LogP contribution is -2.60. The number of halogens is 3. The average Bonchev–Trinajstić information content (AvgIpc) is 1.62. The van der Waals surface area contributed by atoms with E-state index in [1.54, 1.807) is 0 Å². The third-order valence-electron chi connectivity index (χ3n) is 1.47. The summed E-state index contributed by atoms with van der Waals surface area (Å²) in [6.07, 6.45) is -3.07. The largest absolute Gasteiger partial charge is 0.298 e. The van der Waals surface area contributed by atoms with Crippen LogP contribution in [0.5, 0.6) is 0 Å². The van der Waals surface area contributed by atoms with Crippen LogP contribution in [0.2, 0.25) is 19.6 Å². The van der Waals surface area contributed by atoms with Crippen LogP contribution in [-0.2, 0) is 0 Å². The quantitative estimate of drug-likeness (QED) is 0.497. The predicted octanol–water partition coefficient (Wildman–Crippen LogP) is 1.75. The zero-order valence-electron chi connectivity index (χ0n) is 6.29. The van der Waals surface area contributed by atoms with Crippen molar-refractivity contribution in [3.63, 3.8) is 0 Å². The molecule has 0 aromatic carbocycles. The van der Waals surface area contributed by atoms with Gasteiger partial charge in [-0.05, 0) is 0 Å². The summed E-state index contributed by atoms with van der Waals surface area (Å²) in [5.41, 5.74) is 2.02. The Kier molecular flexibility index (Phi) is 2.53. The van der Waals surface area contributed by atoms with Crippen molar-refractivity contribution < 1.29 is 13.2 Å². The average molecular weight is 171 g/mol. The summed E-state index contributed by atoms with van der Waals surface area (Å²) < 4.78 is 36.5. The molecule has 0 aromatic heterocycles. The molecule has 0 amide bonds. The molecule has 0 spiro atoms. The number of alkyl halides is 3. The van der Waals surface area contributed by atoms with Crippen LogP contribution in [0.15, 0.2) is 0 Å². The summed E-state index contributed by atoms with van der Waals surface area (Å²) >= 11 is 0. The van der Waals surface area contributed by atoms with Gasteiger partial charge < -0.3 is 0 Å². The SMILES string of the molecule is C[Si](C)(C)C(N)(F)C(F)F. The molecule has 0 heterocycles. The van der Waals surface area contributed by atoms with Crippen LogP contribution in [-0.4, -0.2) is 19.9 Å². The van der Waals surface area contributed by atoms with E-state index in [0.29, 0.717) is 0 Å². The maximum Gasteiger partial charge on any atom is 0.281 e. The topological polar surface area (TPSA) is 26.0 Å². The van der Waals surface area contributed by atoms with E-state index in [9.17, 15) is 13.2 Å². The summed E-state index contributed by atoms with van der Waals surface area (Å²) in [7, 11) is -2.59. The van der Waals surface area contributed by atoms with Crippen LogP contribution in [0.25, 0.3) is 0 Å². The van der Waals surface area contributed by atoms with E-state index < -0.39 is 19.9 Å². The van der Waals surface area contributed by atoms with Crippen LogP contribution in [0.4, 0.5) is 13.2 Å². The van der Waals surface area contributed by atoms with Gasteiger partial charge in [-0.15, -0.1) is 0 Å². The van der Waals surface area contributed by atoms with Gasteiger partial charge in [-0.3, -0.25) is 5.73 Å². The van der Waals surface area contributed by atoms with Crippen molar-refractivity contribution in [1.82, 2.24) is 0 Å². The molecule has 62 valence electrons. The van der Waals surface area contributed by atoms with Crippen LogP contribution in [0.1, 0.15) is 0 Å². The first kappa shape index (κ1) is 9.97. The Labute approximate surface area is 59.4 Å². The molecule has 1 unspecified atom stereocenters. The third-order valence-corrected chi connectivity index (χ3v) is 3.98. The fourth-order valence-corrected chi connectivity index (χ4v) is 0.982. The first-order valence-corrected chi connectivity index (χ1v) is 6.45. The lowest BCUT2D eigenvalue weighted by Gasteiger charge is -2.31. The van der Waals surface area contributed by atoms with E-state index in [1.165, 1.54) is 19.6 Å². The fraction of sp³-hybridized carbons (Fsp3) is 1.00. The molecule has 0 fully saturated rings. The normalized spacial score (nSPS) is 19.2. The highest BCUT2D eigenvalue weighted by atomic mass is 28.3. The zero-order valence-corrected chi connectivity index (χ0v) is 7.29. The van der Waals surface area contributed by atoms with Gasteiger partial charge in [-0.1, -0.05) is 19.6 Å². The Morgan fingerprint density at radius 2 is 1.60 bits per heavy atom. The number of hydrogen-bond donors (Lipinski definition) is 1. The molecule has 1 nitrogen and oxygen atoms in total. The minimum atomic E-state index is -3.07. The lowest BCUT2D eigenvalue weighted by atomic mass is 10.6. The lowest BCUT2D eigenvalue weighted by molar-refractivity contribution is 0.0179. The van der Waals surface area contributed by atoms with Gasteiger partial charge in [0.05, 0.1) is 0 Å². The molecule has 1 atom stereocenters. The van der Waals surface area contributed by atoms with Crippen LogP contribution in [0, 0.1) is 0 Å². The zero-order chi connectivity index (χ0) is 8.58. The molecule has 0 radical (unpaired) electrons. The molecule has 0 bridgehead atoms. The molecule has 0 aliphatic carbocycles. The summed E-state index contributed by atoms with van der Waals surface area (Å²) in [5.74, 6) is 0. The van der Waals surface area contributed by atoms with Crippen molar-refractivity contribution in [2.75, 3.05) is 0 Å². The van der Waals surface area contributed by atoms with Gasteiger partial charge in [-0.25, -0.2) is 13.2 Å². The standard InChI is InChI=1S/C5H12F3NSi/c1-10(2,3)5(8,9)4(6)7/h4H,9H2,1-3H3. The predicted molar refractivity (Wildman–Crippen MR) is 37.4 cm³/mol. The van der Waals surface area contributed by atoms with Crippen molar-refractivity contribution in [2.45, 2.75) is 31.5 Å². The van der Waals surface area contributed by atoms with Gasteiger partial charge in [-0.2, -0.15) is 0 Å². The van der Waals surface area contributed by atoms with Crippen LogP contribution in [0.3, 0.4) is 0 Å². The minimum absolute atomic E-state index is 1.47. The Hall–Kier alpha value is -0.0331. The fourth-order valence-electron chi connectivity index (χ4n) is 0.327. The van der Waals surface area contributed by atoms with Crippen molar-refractivity contribution in [3.8, 4) is 0 Å². The van der Waals surface area contributed by atoms with Gasteiger partial charge in [0.15, 0.2) is 0 Å². The highest BCUT2D eigenvalue weighted by molar-refractivity contribution is 6.78. The number of rotatable bonds is 2. The molecular formula is C5H12F3NSi. The van der Waals surface area contributed by atoms with E-state index in [1.807, 2.05) is 0 Å².